The molecule has 0 amide bonds. The fourth-order valence-electron chi connectivity index (χ4n) is 1.70. The number of rotatable bonds is 6. The maximum absolute atomic E-state index is 12.3. The van der Waals surface area contributed by atoms with Crippen LogP contribution in [0.3, 0.4) is 0 Å². The second-order valence-corrected chi connectivity index (χ2v) is 7.65. The van der Waals surface area contributed by atoms with Crippen LogP contribution < -0.4 is 10.5 Å². The topological polar surface area (TPSA) is 72.2 Å². The minimum absolute atomic E-state index is 0.0141. The average molecular weight is 361 g/mol. The summed E-state index contributed by atoms with van der Waals surface area (Å²) in [5.74, 6) is 0. The molecule has 4 nitrogen and oxygen atoms in total. The van der Waals surface area contributed by atoms with Crippen LogP contribution in [0.4, 0.5) is 0 Å². The summed E-state index contributed by atoms with van der Waals surface area (Å²) in [7, 11) is -3.69. The van der Waals surface area contributed by atoms with Crippen molar-refractivity contribution >= 4 is 50.2 Å². The zero-order valence-corrected chi connectivity index (χ0v) is 14.1. The maximum Gasteiger partial charge on any atom is 0.242 e. The van der Waals surface area contributed by atoms with Crippen molar-refractivity contribution in [1.82, 2.24) is 4.72 Å². The minimum Gasteiger partial charge on any atom is -0.389 e. The summed E-state index contributed by atoms with van der Waals surface area (Å²) in [4.78, 5) is 0.112. The van der Waals surface area contributed by atoms with E-state index >= 15 is 0 Å². The lowest BCUT2D eigenvalue weighted by atomic mass is 10.2. The first-order valence-electron chi connectivity index (χ1n) is 6.00. The Balaban J connectivity index is 2.15. The molecule has 0 fully saturated rings. The summed E-state index contributed by atoms with van der Waals surface area (Å²) < 4.78 is 27.1. The van der Waals surface area contributed by atoms with E-state index in [0.29, 0.717) is 18.5 Å². The van der Waals surface area contributed by atoms with Crippen molar-refractivity contribution in [2.75, 3.05) is 6.54 Å². The number of thiophene rings is 1. The average Bonchev–Trinajstić information content (AvgIpc) is 2.91. The Morgan fingerprint density at radius 3 is 2.76 bits per heavy atom. The quantitative estimate of drug-likeness (QED) is 0.776. The van der Waals surface area contributed by atoms with Crippen LogP contribution in [0.25, 0.3) is 0 Å². The fraction of sp³-hybridized carbons (Fsp3) is 0.154. The largest absolute Gasteiger partial charge is 0.389 e. The Kier molecular flexibility index (Phi) is 5.34. The molecule has 21 heavy (non-hydrogen) atoms. The molecule has 1 aromatic carbocycles. The van der Waals surface area contributed by atoms with Gasteiger partial charge in [-0.15, -0.1) is 0 Å². The van der Waals surface area contributed by atoms with Crippen LogP contribution in [-0.2, 0) is 16.4 Å². The number of hydrogen-bond acceptors (Lipinski definition) is 4. The van der Waals surface area contributed by atoms with E-state index in [2.05, 4.69) is 4.72 Å². The zero-order valence-electron chi connectivity index (χ0n) is 10.9. The molecule has 3 N–H and O–H groups in total. The lowest BCUT2D eigenvalue weighted by Gasteiger charge is -2.09. The molecule has 0 saturated carbocycles. The van der Waals surface area contributed by atoms with Gasteiger partial charge >= 0.3 is 0 Å². The molecule has 8 heteroatoms. The van der Waals surface area contributed by atoms with E-state index in [1.165, 1.54) is 12.1 Å². The first-order chi connectivity index (χ1) is 9.90. The van der Waals surface area contributed by atoms with Gasteiger partial charge in [0.05, 0.1) is 5.02 Å². The number of nitrogens with one attached hydrogen (secondary N) is 1. The van der Waals surface area contributed by atoms with Crippen LogP contribution in [0.2, 0.25) is 5.02 Å². The smallest absolute Gasteiger partial charge is 0.242 e. The first kappa shape index (κ1) is 16.4. The number of benzene rings is 1. The number of hydrogen-bond donors (Lipinski definition) is 2. The Labute approximate surface area is 138 Å². The molecule has 2 rings (SSSR count). The van der Waals surface area contributed by atoms with E-state index in [1.807, 2.05) is 16.8 Å². The zero-order chi connectivity index (χ0) is 15.5. The van der Waals surface area contributed by atoms with Gasteiger partial charge in [0.25, 0.3) is 0 Å². The highest BCUT2D eigenvalue weighted by molar-refractivity contribution is 7.89. The lowest BCUT2D eigenvalue weighted by molar-refractivity contribution is 0.581. The van der Waals surface area contributed by atoms with Crippen molar-refractivity contribution in [1.29, 1.82) is 0 Å². The second-order valence-electron chi connectivity index (χ2n) is 4.29. The van der Waals surface area contributed by atoms with Gasteiger partial charge in [0.2, 0.25) is 10.0 Å². The van der Waals surface area contributed by atoms with Crippen molar-refractivity contribution in [3.05, 3.63) is 51.2 Å². The molecular formula is C13H13ClN2O2S3. The van der Waals surface area contributed by atoms with Crippen LogP contribution >= 0.6 is 35.2 Å². The predicted molar refractivity (Wildman–Crippen MR) is 90.6 cm³/mol. The van der Waals surface area contributed by atoms with Crippen molar-refractivity contribution in [3.63, 3.8) is 0 Å². The van der Waals surface area contributed by atoms with Gasteiger partial charge in [-0.05, 0) is 40.9 Å². The van der Waals surface area contributed by atoms with Gasteiger partial charge in [-0.3, -0.25) is 0 Å². The molecule has 0 aliphatic heterocycles. The third-order valence-electron chi connectivity index (χ3n) is 2.79. The molecule has 1 heterocycles. The third-order valence-corrected chi connectivity index (χ3v) is 5.70. The number of halogens is 1. The van der Waals surface area contributed by atoms with Gasteiger partial charge in [-0.2, -0.15) is 11.3 Å². The Morgan fingerprint density at radius 1 is 1.38 bits per heavy atom. The Bertz CT molecular complexity index is 743. The van der Waals surface area contributed by atoms with E-state index in [4.69, 9.17) is 29.6 Å². The molecule has 0 saturated heterocycles. The number of thiocarbonyl (C=S) groups is 1. The monoisotopic (exact) mass is 360 g/mol. The van der Waals surface area contributed by atoms with Crippen LogP contribution in [0.1, 0.15) is 11.1 Å². The van der Waals surface area contributed by atoms with Crippen molar-refractivity contribution in [2.24, 2.45) is 5.73 Å². The fourth-order valence-corrected chi connectivity index (χ4v) is 4.09. The van der Waals surface area contributed by atoms with Crippen molar-refractivity contribution < 1.29 is 8.42 Å². The summed E-state index contributed by atoms with van der Waals surface area (Å²) in [6.07, 6.45) is 0.620. The summed E-state index contributed by atoms with van der Waals surface area (Å²) >= 11 is 12.4. The van der Waals surface area contributed by atoms with Crippen LogP contribution in [0, 0.1) is 0 Å². The summed E-state index contributed by atoms with van der Waals surface area (Å²) in [5.41, 5.74) is 7.07. The highest BCUT2D eigenvalue weighted by Gasteiger charge is 2.18. The van der Waals surface area contributed by atoms with Gasteiger partial charge in [-0.1, -0.05) is 29.9 Å². The standard InChI is InChI=1S/C13H13ClN2O2S3/c14-11-2-1-10(13(15)19)7-12(11)21(17,18)16-5-3-9-4-6-20-8-9/h1-2,4,6-8,16H,3,5H2,(H2,15,19). The van der Waals surface area contributed by atoms with Crippen molar-refractivity contribution in [3.8, 4) is 0 Å². The minimum atomic E-state index is -3.69. The van der Waals surface area contributed by atoms with Crippen LogP contribution in [0.15, 0.2) is 39.9 Å². The van der Waals surface area contributed by atoms with Gasteiger partial charge < -0.3 is 5.73 Å². The van der Waals surface area contributed by atoms with Crippen molar-refractivity contribution in [2.45, 2.75) is 11.3 Å². The molecule has 0 bridgehead atoms. The molecule has 1 aromatic heterocycles. The molecule has 0 aliphatic carbocycles. The Morgan fingerprint density at radius 2 is 2.14 bits per heavy atom. The molecule has 0 atom stereocenters. The van der Waals surface area contributed by atoms with Gasteiger partial charge in [-0.25, -0.2) is 13.1 Å². The lowest BCUT2D eigenvalue weighted by Crippen LogP contribution is -2.26. The summed E-state index contributed by atoms with van der Waals surface area (Å²) in [6, 6.07) is 6.41. The summed E-state index contributed by atoms with van der Waals surface area (Å²) in [6.45, 7) is 0.298. The highest BCUT2D eigenvalue weighted by atomic mass is 35.5. The molecule has 0 aliphatic rings. The molecule has 112 valence electrons. The Hall–Kier alpha value is -0.990. The van der Waals surface area contributed by atoms with Gasteiger partial charge in [0, 0.05) is 12.1 Å². The molecular weight excluding hydrogens is 348 g/mol. The van der Waals surface area contributed by atoms with Crippen LogP contribution in [-0.4, -0.2) is 20.0 Å². The molecule has 0 spiro atoms. The number of sulfonamides is 1. The maximum atomic E-state index is 12.3. The normalized spacial score (nSPS) is 11.5. The van der Waals surface area contributed by atoms with Gasteiger partial charge in [0.1, 0.15) is 9.88 Å². The molecule has 0 unspecified atom stereocenters. The van der Waals surface area contributed by atoms with E-state index in [1.54, 1.807) is 17.4 Å². The third kappa shape index (κ3) is 4.24. The number of nitrogens with two attached hydrogens (primary N) is 1. The predicted octanol–water partition coefficient (Wildman–Crippen LogP) is 2.56. The van der Waals surface area contributed by atoms with Crippen LogP contribution in [0.5, 0.6) is 0 Å². The molecule has 2 aromatic rings. The second kappa shape index (κ2) is 6.85. The molecule has 0 radical (unpaired) electrons. The SMILES string of the molecule is NC(=S)c1ccc(Cl)c(S(=O)(=O)NCCc2ccsc2)c1. The first-order valence-corrected chi connectivity index (χ1v) is 9.21. The van der Waals surface area contributed by atoms with Gasteiger partial charge in [0.15, 0.2) is 0 Å². The van der Waals surface area contributed by atoms with E-state index in [9.17, 15) is 8.42 Å². The highest BCUT2D eigenvalue weighted by Crippen LogP contribution is 2.22. The van der Waals surface area contributed by atoms with E-state index in [0.717, 1.165) is 5.56 Å². The van der Waals surface area contributed by atoms with E-state index < -0.39 is 10.0 Å². The van der Waals surface area contributed by atoms with E-state index in [-0.39, 0.29) is 14.9 Å². The summed E-state index contributed by atoms with van der Waals surface area (Å²) in [5, 5.41) is 4.07.